The van der Waals surface area contributed by atoms with Gasteiger partial charge in [-0.2, -0.15) is 5.10 Å². The average Bonchev–Trinajstić information content (AvgIpc) is 2.74. The Morgan fingerprint density at radius 2 is 2.27 bits per heavy atom. The molecule has 2 rings (SSSR count). The highest BCUT2D eigenvalue weighted by molar-refractivity contribution is 6.29. The van der Waals surface area contributed by atoms with Crippen LogP contribution < -0.4 is 5.32 Å². The zero-order valence-corrected chi connectivity index (χ0v) is 8.72. The summed E-state index contributed by atoms with van der Waals surface area (Å²) in [6.45, 7) is 1.54. The van der Waals surface area contributed by atoms with Crippen LogP contribution in [0.4, 0.5) is 5.82 Å². The number of nitrogens with one attached hydrogen (secondary N) is 1. The second-order valence-electron chi connectivity index (χ2n) is 2.92. The van der Waals surface area contributed by atoms with E-state index < -0.39 is 0 Å². The molecule has 78 valence electrons. The van der Waals surface area contributed by atoms with Crippen LogP contribution in [-0.4, -0.2) is 26.3 Å². The van der Waals surface area contributed by atoms with Crippen molar-refractivity contribution in [1.29, 1.82) is 0 Å². The molecule has 2 aromatic rings. The van der Waals surface area contributed by atoms with E-state index in [9.17, 15) is 0 Å². The number of halogens is 1. The molecule has 0 bridgehead atoms. The van der Waals surface area contributed by atoms with E-state index in [1.54, 1.807) is 12.4 Å². The number of hydrogen-bond acceptors (Lipinski definition) is 4. The second kappa shape index (κ2) is 4.75. The number of nitrogens with zero attached hydrogens (tertiary/aromatic N) is 4. The summed E-state index contributed by atoms with van der Waals surface area (Å²) < 4.78 is 1.84. The molecule has 0 spiro atoms. The van der Waals surface area contributed by atoms with Crippen molar-refractivity contribution < 1.29 is 0 Å². The lowest BCUT2D eigenvalue weighted by Crippen LogP contribution is -2.11. The lowest BCUT2D eigenvalue weighted by Gasteiger charge is -2.04. The predicted molar refractivity (Wildman–Crippen MR) is 57.8 cm³/mol. The van der Waals surface area contributed by atoms with Crippen LogP contribution in [0.2, 0.25) is 5.15 Å². The normalized spacial score (nSPS) is 10.2. The third-order valence-corrected chi connectivity index (χ3v) is 2.02. The summed E-state index contributed by atoms with van der Waals surface area (Å²) in [5.41, 5.74) is 0. The molecule has 5 nitrogen and oxygen atoms in total. The monoisotopic (exact) mass is 223 g/mol. The summed E-state index contributed by atoms with van der Waals surface area (Å²) in [7, 11) is 0. The van der Waals surface area contributed by atoms with Gasteiger partial charge in [-0.25, -0.2) is 9.97 Å². The van der Waals surface area contributed by atoms with Gasteiger partial charge in [0.05, 0.1) is 18.9 Å². The topological polar surface area (TPSA) is 55.6 Å². The molecule has 0 amide bonds. The van der Waals surface area contributed by atoms with Crippen molar-refractivity contribution >= 4 is 17.4 Å². The van der Waals surface area contributed by atoms with Crippen LogP contribution in [0.25, 0.3) is 0 Å². The number of anilines is 1. The SMILES string of the molecule is Clc1cnc(NCCn2cccn2)cn1. The Balaban J connectivity index is 1.81. The third kappa shape index (κ3) is 2.92. The van der Waals surface area contributed by atoms with Crippen molar-refractivity contribution in [2.24, 2.45) is 0 Å². The Morgan fingerprint density at radius 3 is 2.93 bits per heavy atom. The first-order valence-electron chi connectivity index (χ1n) is 4.53. The molecule has 0 unspecified atom stereocenters. The van der Waals surface area contributed by atoms with Gasteiger partial charge >= 0.3 is 0 Å². The molecule has 15 heavy (non-hydrogen) atoms. The third-order valence-electron chi connectivity index (χ3n) is 1.83. The van der Waals surface area contributed by atoms with Crippen molar-refractivity contribution in [3.8, 4) is 0 Å². The molecular formula is C9H10ClN5. The molecule has 0 aromatic carbocycles. The summed E-state index contributed by atoms with van der Waals surface area (Å²) in [5.74, 6) is 0.714. The van der Waals surface area contributed by atoms with Crippen LogP contribution in [0, 0.1) is 0 Å². The molecule has 2 heterocycles. The van der Waals surface area contributed by atoms with Crippen LogP contribution in [0.15, 0.2) is 30.9 Å². The summed E-state index contributed by atoms with van der Waals surface area (Å²) in [6.07, 6.45) is 6.78. The zero-order valence-electron chi connectivity index (χ0n) is 7.97. The number of hydrogen-bond donors (Lipinski definition) is 1. The molecule has 0 aliphatic rings. The minimum atomic E-state index is 0.396. The van der Waals surface area contributed by atoms with Gasteiger partial charge in [-0.15, -0.1) is 0 Å². The maximum absolute atomic E-state index is 5.61. The van der Waals surface area contributed by atoms with Gasteiger partial charge in [0.1, 0.15) is 11.0 Å². The molecule has 0 saturated heterocycles. The zero-order chi connectivity index (χ0) is 10.5. The first kappa shape index (κ1) is 9.92. The quantitative estimate of drug-likeness (QED) is 0.852. The van der Waals surface area contributed by atoms with E-state index in [0.717, 1.165) is 13.1 Å². The minimum Gasteiger partial charge on any atom is -0.367 e. The van der Waals surface area contributed by atoms with Gasteiger partial charge < -0.3 is 5.32 Å². The fourth-order valence-corrected chi connectivity index (χ4v) is 1.23. The highest BCUT2D eigenvalue weighted by Crippen LogP contribution is 2.04. The van der Waals surface area contributed by atoms with Crippen molar-refractivity contribution in [1.82, 2.24) is 19.7 Å². The Bertz CT molecular complexity index is 397. The van der Waals surface area contributed by atoms with E-state index in [1.165, 1.54) is 6.20 Å². The van der Waals surface area contributed by atoms with E-state index in [-0.39, 0.29) is 0 Å². The van der Waals surface area contributed by atoms with E-state index >= 15 is 0 Å². The standard InChI is InChI=1S/C9H10ClN5/c10-8-6-13-9(7-12-8)11-3-5-15-4-1-2-14-15/h1-2,4,6-7H,3,5H2,(H,11,13). The number of rotatable bonds is 4. The smallest absolute Gasteiger partial charge is 0.147 e. The van der Waals surface area contributed by atoms with Crippen molar-refractivity contribution in [2.45, 2.75) is 6.54 Å². The Morgan fingerprint density at radius 1 is 1.33 bits per heavy atom. The van der Waals surface area contributed by atoms with Gasteiger partial charge in [-0.1, -0.05) is 11.6 Å². The molecule has 1 N–H and O–H groups in total. The van der Waals surface area contributed by atoms with E-state index in [1.807, 2.05) is 16.9 Å². The van der Waals surface area contributed by atoms with Gasteiger partial charge in [0.15, 0.2) is 0 Å². The minimum absolute atomic E-state index is 0.396. The predicted octanol–water partition coefficient (Wildman–Crippen LogP) is 1.44. The molecule has 0 fully saturated rings. The molecule has 0 aliphatic carbocycles. The summed E-state index contributed by atoms with van der Waals surface area (Å²) in [4.78, 5) is 7.97. The Kier molecular flexibility index (Phi) is 3.14. The Labute approximate surface area is 92.1 Å². The largest absolute Gasteiger partial charge is 0.367 e. The highest BCUT2D eigenvalue weighted by atomic mass is 35.5. The van der Waals surface area contributed by atoms with Crippen LogP contribution in [0.3, 0.4) is 0 Å². The lowest BCUT2D eigenvalue weighted by molar-refractivity contribution is 0.637. The first-order chi connectivity index (χ1) is 7.34. The summed E-state index contributed by atoms with van der Waals surface area (Å²) >= 11 is 5.61. The van der Waals surface area contributed by atoms with E-state index in [4.69, 9.17) is 11.6 Å². The number of aromatic nitrogens is 4. The van der Waals surface area contributed by atoms with Gasteiger partial charge in [-0.3, -0.25) is 4.68 Å². The van der Waals surface area contributed by atoms with E-state index in [2.05, 4.69) is 20.4 Å². The van der Waals surface area contributed by atoms with Crippen molar-refractivity contribution in [2.75, 3.05) is 11.9 Å². The fourth-order valence-electron chi connectivity index (χ4n) is 1.13. The van der Waals surface area contributed by atoms with Crippen LogP contribution in [0.1, 0.15) is 0 Å². The fraction of sp³-hybridized carbons (Fsp3) is 0.222. The van der Waals surface area contributed by atoms with Gasteiger partial charge in [0, 0.05) is 18.9 Å². The maximum atomic E-state index is 5.61. The lowest BCUT2D eigenvalue weighted by atomic mass is 10.5. The van der Waals surface area contributed by atoms with Gasteiger partial charge in [-0.05, 0) is 6.07 Å². The molecule has 2 aromatic heterocycles. The van der Waals surface area contributed by atoms with Gasteiger partial charge in [0.25, 0.3) is 0 Å². The highest BCUT2D eigenvalue weighted by Gasteiger charge is 1.94. The molecule has 0 atom stereocenters. The Hall–Kier alpha value is -1.62. The molecule has 0 aliphatic heterocycles. The summed E-state index contributed by atoms with van der Waals surface area (Å²) in [6, 6.07) is 1.89. The average molecular weight is 224 g/mol. The molecule has 0 radical (unpaired) electrons. The van der Waals surface area contributed by atoms with Crippen LogP contribution in [-0.2, 0) is 6.54 Å². The maximum Gasteiger partial charge on any atom is 0.147 e. The van der Waals surface area contributed by atoms with Crippen LogP contribution >= 0.6 is 11.6 Å². The van der Waals surface area contributed by atoms with Crippen LogP contribution in [0.5, 0.6) is 0 Å². The second-order valence-corrected chi connectivity index (χ2v) is 3.31. The molecule has 6 heteroatoms. The van der Waals surface area contributed by atoms with Gasteiger partial charge in [0.2, 0.25) is 0 Å². The first-order valence-corrected chi connectivity index (χ1v) is 4.91. The molecule has 0 saturated carbocycles. The van der Waals surface area contributed by atoms with E-state index in [0.29, 0.717) is 11.0 Å². The van der Waals surface area contributed by atoms with Crippen molar-refractivity contribution in [3.63, 3.8) is 0 Å². The molecular weight excluding hydrogens is 214 g/mol. The van der Waals surface area contributed by atoms with Crippen molar-refractivity contribution in [3.05, 3.63) is 36.0 Å². The summed E-state index contributed by atoms with van der Waals surface area (Å²) in [5, 5.41) is 7.59.